The summed E-state index contributed by atoms with van der Waals surface area (Å²) in [5.74, 6) is 1.14. The van der Waals surface area contributed by atoms with Crippen LogP contribution in [0.5, 0.6) is 0 Å². The lowest BCUT2D eigenvalue weighted by Crippen LogP contribution is -2.61. The summed E-state index contributed by atoms with van der Waals surface area (Å²) in [4.78, 5) is 33.4. The molecule has 30 heavy (non-hydrogen) atoms. The van der Waals surface area contributed by atoms with E-state index in [0.29, 0.717) is 44.5 Å². The average Bonchev–Trinajstić information content (AvgIpc) is 3.34. The van der Waals surface area contributed by atoms with Gasteiger partial charge in [-0.2, -0.15) is 4.98 Å². The Morgan fingerprint density at radius 1 is 1.23 bits per heavy atom. The summed E-state index contributed by atoms with van der Waals surface area (Å²) in [6.45, 7) is 11.0. The lowest BCUT2D eigenvalue weighted by atomic mass is 9.71. The van der Waals surface area contributed by atoms with Gasteiger partial charge in [0.25, 0.3) is 5.91 Å². The van der Waals surface area contributed by atoms with E-state index in [9.17, 15) is 9.59 Å². The number of rotatable bonds is 5. The largest absolute Gasteiger partial charge is 0.383 e. The van der Waals surface area contributed by atoms with E-state index in [1.54, 1.807) is 21.0 Å². The van der Waals surface area contributed by atoms with Crippen molar-refractivity contribution < 1.29 is 18.8 Å². The second-order valence-electron chi connectivity index (χ2n) is 8.58. The fourth-order valence-electron chi connectivity index (χ4n) is 4.90. The number of likely N-dealkylation sites (tertiary alicyclic amines) is 2. The first-order chi connectivity index (χ1) is 14.3. The van der Waals surface area contributed by atoms with Crippen molar-refractivity contribution in [3.05, 3.63) is 34.7 Å². The minimum Gasteiger partial charge on any atom is -0.383 e. The third-order valence-corrected chi connectivity index (χ3v) is 6.56. The third-order valence-electron chi connectivity index (χ3n) is 6.56. The molecular formula is C21H29N5O4. The molecule has 0 bridgehead atoms. The zero-order chi connectivity index (χ0) is 21.6. The molecule has 0 radical (unpaired) electrons. The Kier molecular flexibility index (Phi) is 5.17. The standard InChI is InChI=1S/C21H29N5O4/c1-13-8-17(14(2)26(13)6-7-29-5)20(28)25-11-21(12-25)10-24(16(4)27)9-18(21)19-22-15(3)23-30-19/h8,18H,6-7,9-12H2,1-5H3. The van der Waals surface area contributed by atoms with Crippen molar-refractivity contribution in [2.75, 3.05) is 39.9 Å². The number of amides is 2. The van der Waals surface area contributed by atoms with Crippen LogP contribution in [0.4, 0.5) is 0 Å². The van der Waals surface area contributed by atoms with Gasteiger partial charge in [-0.15, -0.1) is 0 Å². The fourth-order valence-corrected chi connectivity index (χ4v) is 4.90. The smallest absolute Gasteiger partial charge is 0.255 e. The molecule has 2 aromatic rings. The van der Waals surface area contributed by atoms with Crippen LogP contribution in [0.1, 0.15) is 46.3 Å². The molecule has 0 N–H and O–H groups in total. The zero-order valence-corrected chi connectivity index (χ0v) is 18.3. The maximum absolute atomic E-state index is 13.2. The van der Waals surface area contributed by atoms with Gasteiger partial charge in [0.1, 0.15) is 0 Å². The lowest BCUT2D eigenvalue weighted by Gasteiger charge is -2.50. The van der Waals surface area contributed by atoms with Crippen LogP contribution in [0.3, 0.4) is 0 Å². The van der Waals surface area contributed by atoms with Crippen LogP contribution in [0, 0.1) is 26.2 Å². The van der Waals surface area contributed by atoms with Crippen molar-refractivity contribution in [1.82, 2.24) is 24.5 Å². The average molecular weight is 415 g/mol. The minimum absolute atomic E-state index is 0.0270. The Morgan fingerprint density at radius 3 is 2.53 bits per heavy atom. The number of methoxy groups -OCH3 is 1. The predicted octanol–water partition coefficient (Wildman–Crippen LogP) is 1.53. The second kappa shape index (κ2) is 7.54. The van der Waals surface area contributed by atoms with E-state index in [0.717, 1.165) is 23.5 Å². The number of aromatic nitrogens is 3. The highest BCUT2D eigenvalue weighted by molar-refractivity contribution is 5.96. The molecule has 1 atom stereocenters. The number of hydrogen-bond acceptors (Lipinski definition) is 6. The summed E-state index contributed by atoms with van der Waals surface area (Å²) in [6, 6.07) is 1.95. The molecule has 9 heteroatoms. The molecule has 1 spiro atoms. The van der Waals surface area contributed by atoms with Gasteiger partial charge >= 0.3 is 0 Å². The summed E-state index contributed by atoms with van der Waals surface area (Å²) >= 11 is 0. The van der Waals surface area contributed by atoms with Gasteiger partial charge in [-0.3, -0.25) is 9.59 Å². The van der Waals surface area contributed by atoms with Gasteiger partial charge in [-0.25, -0.2) is 0 Å². The van der Waals surface area contributed by atoms with E-state index in [-0.39, 0.29) is 23.1 Å². The van der Waals surface area contributed by atoms with E-state index < -0.39 is 0 Å². The molecule has 2 aliphatic rings. The molecule has 0 aromatic carbocycles. The molecule has 2 fully saturated rings. The van der Waals surface area contributed by atoms with E-state index in [1.807, 2.05) is 29.7 Å². The SMILES string of the molecule is COCCn1c(C)cc(C(=O)N2CC3(CN(C(C)=O)CC3c3nc(C)no3)C2)c1C. The van der Waals surface area contributed by atoms with Crippen molar-refractivity contribution in [2.24, 2.45) is 5.41 Å². The van der Waals surface area contributed by atoms with Crippen LogP contribution >= 0.6 is 0 Å². The number of ether oxygens (including phenoxy) is 1. The van der Waals surface area contributed by atoms with E-state index >= 15 is 0 Å². The van der Waals surface area contributed by atoms with Gasteiger partial charge in [0.05, 0.1) is 18.1 Å². The maximum Gasteiger partial charge on any atom is 0.255 e. The first-order valence-corrected chi connectivity index (χ1v) is 10.3. The molecule has 0 saturated carbocycles. The summed E-state index contributed by atoms with van der Waals surface area (Å²) in [5.41, 5.74) is 2.49. The number of carbonyl (C=O) groups excluding carboxylic acids is 2. The van der Waals surface area contributed by atoms with Gasteiger partial charge in [0.15, 0.2) is 5.82 Å². The number of carbonyl (C=O) groups is 2. The Hall–Kier alpha value is -2.68. The highest BCUT2D eigenvalue weighted by Crippen LogP contribution is 2.49. The van der Waals surface area contributed by atoms with Crippen LogP contribution in [0.25, 0.3) is 0 Å². The van der Waals surface area contributed by atoms with Crippen molar-refractivity contribution in [1.29, 1.82) is 0 Å². The first-order valence-electron chi connectivity index (χ1n) is 10.3. The molecule has 2 saturated heterocycles. The summed E-state index contributed by atoms with van der Waals surface area (Å²) in [6.07, 6.45) is 0. The van der Waals surface area contributed by atoms with E-state index in [1.165, 1.54) is 0 Å². The molecule has 2 amide bonds. The van der Waals surface area contributed by atoms with E-state index in [2.05, 4.69) is 14.7 Å². The van der Waals surface area contributed by atoms with E-state index in [4.69, 9.17) is 9.26 Å². The topological polar surface area (TPSA) is 93.7 Å². The Morgan fingerprint density at radius 2 is 1.93 bits per heavy atom. The summed E-state index contributed by atoms with van der Waals surface area (Å²) < 4.78 is 12.7. The van der Waals surface area contributed by atoms with Crippen molar-refractivity contribution >= 4 is 11.8 Å². The van der Waals surface area contributed by atoms with Crippen LogP contribution in [-0.4, -0.2) is 76.2 Å². The lowest BCUT2D eigenvalue weighted by molar-refractivity contribution is -0.128. The van der Waals surface area contributed by atoms with Gasteiger partial charge in [-0.05, 0) is 26.8 Å². The third kappa shape index (κ3) is 3.30. The highest BCUT2D eigenvalue weighted by Gasteiger charge is 2.58. The zero-order valence-electron chi connectivity index (χ0n) is 18.3. The molecular weight excluding hydrogens is 386 g/mol. The number of aryl methyl sites for hydroxylation is 2. The molecule has 4 rings (SSSR count). The van der Waals surface area contributed by atoms with Crippen molar-refractivity contribution in [3.8, 4) is 0 Å². The molecule has 162 valence electrons. The minimum atomic E-state index is -0.234. The predicted molar refractivity (Wildman–Crippen MR) is 108 cm³/mol. The monoisotopic (exact) mass is 415 g/mol. The summed E-state index contributed by atoms with van der Waals surface area (Å²) in [7, 11) is 1.67. The molecule has 0 aliphatic carbocycles. The normalized spacial score (nSPS) is 20.1. The quantitative estimate of drug-likeness (QED) is 0.735. The van der Waals surface area contributed by atoms with Crippen LogP contribution in [-0.2, 0) is 16.1 Å². The van der Waals surface area contributed by atoms with Gasteiger partial charge < -0.3 is 23.6 Å². The van der Waals surface area contributed by atoms with Crippen LogP contribution < -0.4 is 0 Å². The first kappa shape index (κ1) is 20.6. The van der Waals surface area contributed by atoms with Gasteiger partial charge in [-0.1, -0.05) is 5.16 Å². The molecule has 1 unspecified atom stereocenters. The Bertz CT molecular complexity index is 972. The van der Waals surface area contributed by atoms with Gasteiger partial charge in [0.2, 0.25) is 11.8 Å². The second-order valence-corrected chi connectivity index (χ2v) is 8.58. The van der Waals surface area contributed by atoms with Crippen LogP contribution in [0.2, 0.25) is 0 Å². The van der Waals surface area contributed by atoms with Crippen molar-refractivity contribution in [2.45, 2.75) is 40.2 Å². The number of hydrogen-bond donors (Lipinski definition) is 0. The van der Waals surface area contributed by atoms with Crippen LogP contribution in [0.15, 0.2) is 10.6 Å². The molecule has 2 aliphatic heterocycles. The van der Waals surface area contributed by atoms with Gasteiger partial charge in [0, 0.05) is 63.6 Å². The maximum atomic E-state index is 13.2. The molecule has 4 heterocycles. The Labute approximate surface area is 176 Å². The molecule has 2 aromatic heterocycles. The molecule has 9 nitrogen and oxygen atoms in total. The Balaban J connectivity index is 1.53. The van der Waals surface area contributed by atoms with Crippen molar-refractivity contribution in [3.63, 3.8) is 0 Å². The fraction of sp³-hybridized carbons (Fsp3) is 0.619. The summed E-state index contributed by atoms with van der Waals surface area (Å²) in [5, 5.41) is 3.92. The number of nitrogens with zero attached hydrogens (tertiary/aromatic N) is 5. The highest BCUT2D eigenvalue weighted by atomic mass is 16.5.